The third-order valence-electron chi connectivity index (χ3n) is 5.28. The van der Waals surface area contributed by atoms with Crippen LogP contribution in [0, 0.1) is 5.92 Å². The Labute approximate surface area is 154 Å². The second-order valence-electron chi connectivity index (χ2n) is 7.05. The predicted molar refractivity (Wildman–Crippen MR) is 101 cm³/mol. The van der Waals surface area contributed by atoms with Gasteiger partial charge in [0, 0.05) is 43.8 Å². The molecule has 2 aromatic rings. The Morgan fingerprint density at radius 3 is 2.69 bits per heavy atom. The first-order valence-corrected chi connectivity index (χ1v) is 9.42. The largest absolute Gasteiger partial charge is 0.378 e. The molecule has 2 aliphatic rings. The standard InChI is InChI=1S/C21H25N3O2/c25-21(19-6-1-2-7-20(19)23-11-13-26-14-12-23)24-10-8-17(16-24)15-18-5-3-4-9-22-18/h1-7,9,17H,8,10-16H2. The molecule has 4 rings (SSSR count). The van der Waals surface area contributed by atoms with Crippen molar-refractivity contribution in [3.05, 3.63) is 59.9 Å². The highest BCUT2D eigenvalue weighted by atomic mass is 16.5. The fourth-order valence-corrected chi connectivity index (χ4v) is 3.90. The first-order valence-electron chi connectivity index (χ1n) is 9.42. The lowest BCUT2D eigenvalue weighted by Gasteiger charge is -2.31. The number of hydrogen-bond donors (Lipinski definition) is 0. The van der Waals surface area contributed by atoms with Crippen LogP contribution in [0.1, 0.15) is 22.5 Å². The Morgan fingerprint density at radius 2 is 1.88 bits per heavy atom. The molecule has 2 aliphatic heterocycles. The Balaban J connectivity index is 1.45. The average Bonchev–Trinajstić information content (AvgIpc) is 3.17. The van der Waals surface area contributed by atoms with E-state index in [9.17, 15) is 4.79 Å². The lowest BCUT2D eigenvalue weighted by atomic mass is 10.0. The maximum absolute atomic E-state index is 13.2. The van der Waals surface area contributed by atoms with Crippen LogP contribution in [0.2, 0.25) is 0 Å². The molecule has 1 aromatic heterocycles. The van der Waals surface area contributed by atoms with Crippen LogP contribution in [-0.2, 0) is 11.2 Å². The van der Waals surface area contributed by atoms with Crippen molar-refractivity contribution in [3.63, 3.8) is 0 Å². The van der Waals surface area contributed by atoms with E-state index in [4.69, 9.17) is 4.74 Å². The van der Waals surface area contributed by atoms with Crippen LogP contribution in [0.5, 0.6) is 0 Å². The monoisotopic (exact) mass is 351 g/mol. The van der Waals surface area contributed by atoms with Gasteiger partial charge in [-0.05, 0) is 43.0 Å². The van der Waals surface area contributed by atoms with E-state index in [0.29, 0.717) is 5.92 Å². The molecule has 1 amide bonds. The predicted octanol–water partition coefficient (Wildman–Crippen LogP) is 2.62. The second kappa shape index (κ2) is 7.87. The number of pyridine rings is 1. The Morgan fingerprint density at radius 1 is 1.08 bits per heavy atom. The van der Waals surface area contributed by atoms with Gasteiger partial charge in [-0.2, -0.15) is 0 Å². The van der Waals surface area contributed by atoms with Crippen molar-refractivity contribution in [2.45, 2.75) is 12.8 Å². The number of likely N-dealkylation sites (tertiary alicyclic amines) is 1. The fraction of sp³-hybridized carbons (Fsp3) is 0.429. The molecule has 0 saturated carbocycles. The number of aromatic nitrogens is 1. The number of ether oxygens (including phenoxy) is 1. The van der Waals surface area contributed by atoms with Crippen molar-refractivity contribution in [2.75, 3.05) is 44.3 Å². The Bertz CT molecular complexity index is 744. The smallest absolute Gasteiger partial charge is 0.255 e. The van der Waals surface area contributed by atoms with E-state index in [-0.39, 0.29) is 5.91 Å². The Kier molecular flexibility index (Phi) is 5.16. The van der Waals surface area contributed by atoms with Gasteiger partial charge in [0.05, 0.1) is 18.8 Å². The zero-order valence-electron chi connectivity index (χ0n) is 15.0. The number of nitrogens with zero attached hydrogens (tertiary/aromatic N) is 3. The minimum atomic E-state index is 0.149. The SMILES string of the molecule is O=C(c1ccccc1N1CCOCC1)N1CCC(Cc2ccccn2)C1. The van der Waals surface area contributed by atoms with Crippen molar-refractivity contribution in [1.29, 1.82) is 0 Å². The van der Waals surface area contributed by atoms with E-state index in [2.05, 4.69) is 22.0 Å². The van der Waals surface area contributed by atoms with Crippen molar-refractivity contribution in [1.82, 2.24) is 9.88 Å². The van der Waals surface area contributed by atoms with Gasteiger partial charge in [-0.1, -0.05) is 18.2 Å². The first kappa shape index (κ1) is 17.0. The molecule has 5 nitrogen and oxygen atoms in total. The normalized spacial score (nSPS) is 20.4. The number of benzene rings is 1. The third kappa shape index (κ3) is 3.73. The van der Waals surface area contributed by atoms with Gasteiger partial charge in [0.2, 0.25) is 0 Å². The summed E-state index contributed by atoms with van der Waals surface area (Å²) in [5.41, 5.74) is 2.96. The molecule has 0 N–H and O–H groups in total. The van der Waals surface area contributed by atoms with E-state index >= 15 is 0 Å². The minimum Gasteiger partial charge on any atom is -0.378 e. The van der Waals surface area contributed by atoms with E-state index in [1.807, 2.05) is 41.4 Å². The highest BCUT2D eigenvalue weighted by molar-refractivity contribution is 6.00. The van der Waals surface area contributed by atoms with Crippen molar-refractivity contribution in [2.24, 2.45) is 5.92 Å². The molecule has 1 aromatic carbocycles. The van der Waals surface area contributed by atoms with Gasteiger partial charge in [-0.3, -0.25) is 9.78 Å². The number of anilines is 1. The summed E-state index contributed by atoms with van der Waals surface area (Å²) in [5, 5.41) is 0. The number of carbonyl (C=O) groups excluding carboxylic acids is 1. The molecule has 1 atom stereocenters. The first-order chi connectivity index (χ1) is 12.8. The minimum absolute atomic E-state index is 0.149. The lowest BCUT2D eigenvalue weighted by Crippen LogP contribution is -2.38. The third-order valence-corrected chi connectivity index (χ3v) is 5.28. The molecule has 136 valence electrons. The van der Waals surface area contributed by atoms with Crippen LogP contribution in [0.3, 0.4) is 0 Å². The van der Waals surface area contributed by atoms with Crippen molar-refractivity contribution in [3.8, 4) is 0 Å². The molecule has 0 bridgehead atoms. The van der Waals surface area contributed by atoms with E-state index < -0.39 is 0 Å². The molecule has 0 aliphatic carbocycles. The summed E-state index contributed by atoms with van der Waals surface area (Å²) >= 11 is 0. The molecule has 0 radical (unpaired) electrons. The van der Waals surface area contributed by atoms with Crippen LogP contribution in [0.15, 0.2) is 48.7 Å². The number of hydrogen-bond acceptors (Lipinski definition) is 4. The van der Waals surface area contributed by atoms with Crippen LogP contribution in [0.25, 0.3) is 0 Å². The van der Waals surface area contributed by atoms with Gasteiger partial charge >= 0.3 is 0 Å². The Hall–Kier alpha value is -2.40. The maximum Gasteiger partial charge on any atom is 0.255 e. The van der Waals surface area contributed by atoms with Gasteiger partial charge in [0.25, 0.3) is 5.91 Å². The fourth-order valence-electron chi connectivity index (χ4n) is 3.90. The topological polar surface area (TPSA) is 45.7 Å². The number of amides is 1. The quantitative estimate of drug-likeness (QED) is 0.849. The zero-order valence-corrected chi connectivity index (χ0v) is 15.0. The molecule has 26 heavy (non-hydrogen) atoms. The summed E-state index contributed by atoms with van der Waals surface area (Å²) in [6, 6.07) is 14.0. The molecule has 1 unspecified atom stereocenters. The van der Waals surface area contributed by atoms with Crippen LogP contribution < -0.4 is 4.90 Å². The molecular formula is C21H25N3O2. The summed E-state index contributed by atoms with van der Waals surface area (Å²) < 4.78 is 5.45. The number of para-hydroxylation sites is 1. The van der Waals surface area contributed by atoms with Gasteiger partial charge in [0.15, 0.2) is 0 Å². The number of carbonyl (C=O) groups is 1. The number of morpholine rings is 1. The summed E-state index contributed by atoms with van der Waals surface area (Å²) in [6.45, 7) is 4.76. The average molecular weight is 351 g/mol. The van der Waals surface area contributed by atoms with E-state index in [1.165, 1.54) is 0 Å². The number of rotatable bonds is 4. The van der Waals surface area contributed by atoms with Crippen LogP contribution in [0.4, 0.5) is 5.69 Å². The van der Waals surface area contributed by atoms with Crippen molar-refractivity contribution >= 4 is 11.6 Å². The lowest BCUT2D eigenvalue weighted by molar-refractivity contribution is 0.0786. The van der Waals surface area contributed by atoms with E-state index in [0.717, 1.165) is 69.2 Å². The summed E-state index contributed by atoms with van der Waals surface area (Å²) in [6.07, 6.45) is 3.82. The van der Waals surface area contributed by atoms with Crippen LogP contribution in [-0.4, -0.2) is 55.2 Å². The molecule has 2 fully saturated rings. The maximum atomic E-state index is 13.2. The van der Waals surface area contributed by atoms with Gasteiger partial charge in [-0.25, -0.2) is 0 Å². The van der Waals surface area contributed by atoms with E-state index in [1.54, 1.807) is 0 Å². The van der Waals surface area contributed by atoms with Crippen molar-refractivity contribution < 1.29 is 9.53 Å². The summed E-state index contributed by atoms with van der Waals surface area (Å²) in [7, 11) is 0. The highest BCUT2D eigenvalue weighted by Crippen LogP contribution is 2.27. The summed E-state index contributed by atoms with van der Waals surface area (Å²) in [5.74, 6) is 0.639. The van der Waals surface area contributed by atoms with Gasteiger partial charge in [-0.15, -0.1) is 0 Å². The van der Waals surface area contributed by atoms with Crippen LogP contribution >= 0.6 is 0 Å². The second-order valence-corrected chi connectivity index (χ2v) is 7.05. The summed E-state index contributed by atoms with van der Waals surface area (Å²) in [4.78, 5) is 21.9. The molecule has 0 spiro atoms. The molecule has 5 heteroatoms. The molecular weight excluding hydrogens is 326 g/mol. The van der Waals surface area contributed by atoms with Gasteiger partial charge in [0.1, 0.15) is 0 Å². The molecule has 2 saturated heterocycles. The zero-order chi connectivity index (χ0) is 17.8. The van der Waals surface area contributed by atoms with Gasteiger partial charge < -0.3 is 14.5 Å². The highest BCUT2D eigenvalue weighted by Gasteiger charge is 2.29. The molecule has 3 heterocycles.